The number of nitrogens with zero attached hydrogens (tertiary/aromatic N) is 1. The lowest BCUT2D eigenvalue weighted by Crippen LogP contribution is -2.18. The zero-order chi connectivity index (χ0) is 18.8. The zero-order valence-electron chi connectivity index (χ0n) is 14.3. The predicted molar refractivity (Wildman–Crippen MR) is 106 cm³/mol. The highest BCUT2D eigenvalue weighted by Crippen LogP contribution is 2.28. The number of halogens is 2. The van der Waals surface area contributed by atoms with Gasteiger partial charge in [-0.05, 0) is 23.3 Å². The summed E-state index contributed by atoms with van der Waals surface area (Å²) in [6.07, 6.45) is 0. The number of rotatable bonds is 4. The van der Waals surface area contributed by atoms with Crippen LogP contribution in [0.15, 0.2) is 83.7 Å². The van der Waals surface area contributed by atoms with Crippen molar-refractivity contribution in [2.24, 2.45) is 0 Å². The van der Waals surface area contributed by atoms with Crippen LogP contribution in [0, 0.1) is 5.82 Å². The molecule has 3 nitrogen and oxygen atoms in total. The van der Waals surface area contributed by atoms with Crippen molar-refractivity contribution < 1.29 is 4.39 Å². The molecule has 0 aliphatic heterocycles. The maximum atomic E-state index is 13.3. The van der Waals surface area contributed by atoms with Crippen molar-refractivity contribution in [3.05, 3.63) is 106 Å². The molecule has 0 aliphatic carbocycles. The molecule has 0 fully saturated rings. The number of hydrogen-bond donors (Lipinski definition) is 1. The van der Waals surface area contributed by atoms with E-state index in [1.54, 1.807) is 6.07 Å². The van der Waals surface area contributed by atoms with Gasteiger partial charge in [-0.15, -0.1) is 0 Å². The minimum atomic E-state index is -0.405. The molecule has 0 atom stereocenters. The molecule has 0 aliphatic rings. The molecule has 27 heavy (non-hydrogen) atoms. The van der Waals surface area contributed by atoms with E-state index in [0.717, 1.165) is 16.8 Å². The molecule has 0 radical (unpaired) electrons. The third-order valence-electron chi connectivity index (χ3n) is 4.42. The lowest BCUT2D eigenvalue weighted by atomic mass is 10.0. The number of aromatic amines is 1. The molecule has 0 unspecified atom stereocenters. The molecule has 3 aromatic carbocycles. The maximum absolute atomic E-state index is 13.3. The Morgan fingerprint density at radius 1 is 0.889 bits per heavy atom. The van der Waals surface area contributed by atoms with Gasteiger partial charge in [-0.25, -0.2) is 9.07 Å². The van der Waals surface area contributed by atoms with Crippen LogP contribution < -0.4 is 5.56 Å². The molecule has 4 aromatic rings. The second-order valence-electron chi connectivity index (χ2n) is 6.22. The summed E-state index contributed by atoms with van der Waals surface area (Å²) in [6, 6.07) is 23.4. The molecule has 0 amide bonds. The van der Waals surface area contributed by atoms with Crippen molar-refractivity contribution >= 4 is 11.6 Å². The van der Waals surface area contributed by atoms with Gasteiger partial charge in [0, 0.05) is 10.6 Å². The van der Waals surface area contributed by atoms with E-state index in [1.807, 2.05) is 60.7 Å². The van der Waals surface area contributed by atoms with Gasteiger partial charge >= 0.3 is 0 Å². The van der Waals surface area contributed by atoms with Gasteiger partial charge in [-0.3, -0.25) is 9.89 Å². The molecule has 1 N–H and O–H groups in total. The first-order chi connectivity index (χ1) is 13.1. The van der Waals surface area contributed by atoms with E-state index < -0.39 is 5.82 Å². The van der Waals surface area contributed by atoms with E-state index in [0.29, 0.717) is 16.1 Å². The maximum Gasteiger partial charge on any atom is 0.275 e. The Kier molecular flexibility index (Phi) is 4.65. The fourth-order valence-electron chi connectivity index (χ4n) is 3.10. The quantitative estimate of drug-likeness (QED) is 0.510. The highest BCUT2D eigenvalue weighted by molar-refractivity contribution is 6.31. The molecular weight excluding hydrogens is 363 g/mol. The van der Waals surface area contributed by atoms with E-state index >= 15 is 0 Å². The number of hydrogen-bond acceptors (Lipinski definition) is 1. The summed E-state index contributed by atoms with van der Waals surface area (Å²) in [5, 5.41) is 3.50. The highest BCUT2D eigenvalue weighted by Gasteiger charge is 2.18. The Hall–Kier alpha value is -3.11. The van der Waals surface area contributed by atoms with Gasteiger partial charge in [0.1, 0.15) is 5.82 Å². The van der Waals surface area contributed by atoms with Crippen LogP contribution in [0.2, 0.25) is 5.02 Å². The first-order valence-corrected chi connectivity index (χ1v) is 8.89. The van der Waals surface area contributed by atoms with Gasteiger partial charge < -0.3 is 0 Å². The van der Waals surface area contributed by atoms with Crippen molar-refractivity contribution in [3.8, 4) is 22.4 Å². The van der Waals surface area contributed by atoms with Gasteiger partial charge in [-0.2, -0.15) is 0 Å². The summed E-state index contributed by atoms with van der Waals surface area (Å²) in [5.41, 5.74) is 3.60. The average molecular weight is 379 g/mol. The van der Waals surface area contributed by atoms with Crippen molar-refractivity contribution in [1.82, 2.24) is 9.78 Å². The molecule has 5 heteroatoms. The third kappa shape index (κ3) is 3.44. The SMILES string of the molecule is O=c1c(-c2ccccc2)c(-c2ccccc2)[nH]n1Cc1ccc(F)cc1Cl. The topological polar surface area (TPSA) is 37.8 Å². The van der Waals surface area contributed by atoms with Gasteiger partial charge in [0.25, 0.3) is 5.56 Å². The fraction of sp³-hybridized carbons (Fsp3) is 0.0455. The van der Waals surface area contributed by atoms with Crippen LogP contribution in [0.3, 0.4) is 0 Å². The monoisotopic (exact) mass is 378 g/mol. The van der Waals surface area contributed by atoms with E-state index in [-0.39, 0.29) is 12.1 Å². The fourth-order valence-corrected chi connectivity index (χ4v) is 3.33. The minimum Gasteiger partial charge on any atom is -0.294 e. The van der Waals surface area contributed by atoms with E-state index in [9.17, 15) is 9.18 Å². The highest BCUT2D eigenvalue weighted by atomic mass is 35.5. The van der Waals surface area contributed by atoms with Crippen LogP contribution in [-0.4, -0.2) is 9.78 Å². The molecular formula is C22H16ClFN2O. The Morgan fingerprint density at radius 3 is 2.15 bits per heavy atom. The van der Waals surface area contributed by atoms with Crippen LogP contribution in [0.1, 0.15) is 5.56 Å². The summed E-state index contributed by atoms with van der Waals surface area (Å²) in [7, 11) is 0. The Balaban J connectivity index is 1.87. The van der Waals surface area contributed by atoms with Crippen LogP contribution >= 0.6 is 11.6 Å². The molecule has 0 saturated heterocycles. The van der Waals surface area contributed by atoms with Crippen molar-refractivity contribution in [2.45, 2.75) is 6.54 Å². The lowest BCUT2D eigenvalue weighted by Gasteiger charge is -2.05. The van der Waals surface area contributed by atoms with Gasteiger partial charge in [-0.1, -0.05) is 78.3 Å². The summed E-state index contributed by atoms with van der Waals surface area (Å²) in [6.45, 7) is 0.227. The molecule has 0 bridgehead atoms. The standard InChI is InChI=1S/C22H16ClFN2O/c23-19-13-18(24)12-11-17(19)14-26-22(27)20(15-7-3-1-4-8-15)21(25-26)16-9-5-2-6-10-16/h1-13,25H,14H2. The summed E-state index contributed by atoms with van der Waals surface area (Å²) < 4.78 is 14.8. The number of nitrogens with one attached hydrogen (secondary N) is 1. The average Bonchev–Trinajstić information content (AvgIpc) is 3.02. The largest absolute Gasteiger partial charge is 0.294 e. The smallest absolute Gasteiger partial charge is 0.275 e. The van der Waals surface area contributed by atoms with Crippen molar-refractivity contribution in [3.63, 3.8) is 0 Å². The zero-order valence-corrected chi connectivity index (χ0v) is 15.1. The van der Waals surface area contributed by atoms with Crippen LogP contribution in [0.5, 0.6) is 0 Å². The molecule has 134 valence electrons. The Labute approximate surface area is 160 Å². The molecule has 0 saturated carbocycles. The molecule has 1 heterocycles. The Bertz CT molecular complexity index is 1130. The number of aromatic nitrogens is 2. The summed E-state index contributed by atoms with van der Waals surface area (Å²) >= 11 is 6.14. The van der Waals surface area contributed by atoms with Crippen LogP contribution in [0.4, 0.5) is 4.39 Å². The second kappa shape index (κ2) is 7.25. The minimum absolute atomic E-state index is 0.152. The second-order valence-corrected chi connectivity index (χ2v) is 6.63. The molecule has 1 aromatic heterocycles. The van der Waals surface area contributed by atoms with Crippen molar-refractivity contribution in [1.29, 1.82) is 0 Å². The lowest BCUT2D eigenvalue weighted by molar-refractivity contribution is 0.623. The normalized spacial score (nSPS) is 10.9. The first kappa shape index (κ1) is 17.3. The number of benzene rings is 3. The van der Waals surface area contributed by atoms with Gasteiger partial charge in [0.15, 0.2) is 0 Å². The first-order valence-electron chi connectivity index (χ1n) is 8.51. The summed E-state index contributed by atoms with van der Waals surface area (Å²) in [4.78, 5) is 13.2. The van der Waals surface area contributed by atoms with Gasteiger partial charge in [0.05, 0.1) is 17.8 Å². The van der Waals surface area contributed by atoms with E-state index in [2.05, 4.69) is 5.10 Å². The van der Waals surface area contributed by atoms with E-state index in [4.69, 9.17) is 11.6 Å². The van der Waals surface area contributed by atoms with Crippen LogP contribution in [-0.2, 0) is 6.54 Å². The van der Waals surface area contributed by atoms with Crippen molar-refractivity contribution in [2.75, 3.05) is 0 Å². The summed E-state index contributed by atoms with van der Waals surface area (Å²) in [5.74, 6) is -0.405. The third-order valence-corrected chi connectivity index (χ3v) is 4.78. The number of H-pyrrole nitrogens is 1. The molecule has 4 rings (SSSR count). The van der Waals surface area contributed by atoms with E-state index in [1.165, 1.54) is 16.8 Å². The van der Waals surface area contributed by atoms with Gasteiger partial charge in [0.2, 0.25) is 0 Å². The predicted octanol–water partition coefficient (Wildman–Crippen LogP) is 5.35. The van der Waals surface area contributed by atoms with Crippen LogP contribution in [0.25, 0.3) is 22.4 Å². The molecule has 0 spiro atoms. The Morgan fingerprint density at radius 2 is 1.52 bits per heavy atom.